The van der Waals surface area contributed by atoms with Crippen LogP contribution in [-0.4, -0.2) is 21.7 Å². The molecule has 0 saturated heterocycles. The first-order valence-corrected chi connectivity index (χ1v) is 6.66. The summed E-state index contributed by atoms with van der Waals surface area (Å²) in [4.78, 5) is 4.48. The molecule has 0 radical (unpaired) electrons. The number of fused-ring (bicyclic) bond motifs is 1. The molecule has 4 heteroatoms. The molecular weight excluding hydrogens is 224 g/mol. The summed E-state index contributed by atoms with van der Waals surface area (Å²) in [6.45, 7) is 3.29. The Morgan fingerprint density at radius 3 is 2.78 bits per heavy atom. The van der Waals surface area contributed by atoms with Crippen LogP contribution >= 0.6 is 0 Å². The zero-order chi connectivity index (χ0) is 12.4. The SMILES string of the molecule is CC1CCCC1CNc1nnc2ccccc2n1. The van der Waals surface area contributed by atoms with E-state index in [1.807, 2.05) is 24.3 Å². The minimum Gasteiger partial charge on any atom is -0.353 e. The van der Waals surface area contributed by atoms with Gasteiger partial charge in [0, 0.05) is 6.54 Å². The number of benzene rings is 1. The predicted molar refractivity (Wildman–Crippen MR) is 72.3 cm³/mol. The lowest BCUT2D eigenvalue weighted by Gasteiger charge is -2.15. The quantitative estimate of drug-likeness (QED) is 0.899. The van der Waals surface area contributed by atoms with Crippen LogP contribution in [0.2, 0.25) is 0 Å². The number of anilines is 1. The fourth-order valence-electron chi connectivity index (χ4n) is 2.70. The Kier molecular flexibility index (Phi) is 3.09. The van der Waals surface area contributed by atoms with Crippen molar-refractivity contribution < 1.29 is 0 Å². The van der Waals surface area contributed by atoms with Gasteiger partial charge in [-0.3, -0.25) is 0 Å². The molecule has 3 rings (SSSR count). The first kappa shape index (κ1) is 11.4. The third-order valence-electron chi connectivity index (χ3n) is 3.92. The third kappa shape index (κ3) is 2.28. The van der Waals surface area contributed by atoms with Gasteiger partial charge in [-0.25, -0.2) is 4.98 Å². The molecule has 0 aliphatic heterocycles. The van der Waals surface area contributed by atoms with Crippen molar-refractivity contribution in [3.05, 3.63) is 24.3 Å². The molecule has 1 aliphatic carbocycles. The Bertz CT molecular complexity index is 540. The molecule has 2 atom stereocenters. The van der Waals surface area contributed by atoms with Crippen molar-refractivity contribution in [1.82, 2.24) is 15.2 Å². The van der Waals surface area contributed by atoms with E-state index < -0.39 is 0 Å². The second-order valence-corrected chi connectivity index (χ2v) is 5.17. The van der Waals surface area contributed by atoms with E-state index in [0.717, 1.165) is 29.4 Å². The zero-order valence-corrected chi connectivity index (χ0v) is 10.6. The van der Waals surface area contributed by atoms with Crippen LogP contribution < -0.4 is 5.32 Å². The maximum Gasteiger partial charge on any atom is 0.243 e. The van der Waals surface area contributed by atoms with Gasteiger partial charge in [0.2, 0.25) is 5.95 Å². The highest BCUT2D eigenvalue weighted by Gasteiger charge is 2.23. The van der Waals surface area contributed by atoms with E-state index in [9.17, 15) is 0 Å². The van der Waals surface area contributed by atoms with Crippen LogP contribution in [0.5, 0.6) is 0 Å². The van der Waals surface area contributed by atoms with Gasteiger partial charge in [0.25, 0.3) is 0 Å². The van der Waals surface area contributed by atoms with Crippen LogP contribution in [0.15, 0.2) is 24.3 Å². The molecule has 18 heavy (non-hydrogen) atoms. The van der Waals surface area contributed by atoms with Gasteiger partial charge in [0.05, 0.1) is 5.52 Å². The maximum absolute atomic E-state index is 4.48. The molecule has 94 valence electrons. The number of nitrogens with zero attached hydrogens (tertiary/aromatic N) is 3. The van der Waals surface area contributed by atoms with Crippen LogP contribution in [0.25, 0.3) is 11.0 Å². The molecule has 1 N–H and O–H groups in total. The van der Waals surface area contributed by atoms with Gasteiger partial charge >= 0.3 is 0 Å². The Balaban J connectivity index is 1.71. The second-order valence-electron chi connectivity index (χ2n) is 5.17. The van der Waals surface area contributed by atoms with Gasteiger partial charge in [0.15, 0.2) is 0 Å². The van der Waals surface area contributed by atoms with Crippen LogP contribution in [0.3, 0.4) is 0 Å². The van der Waals surface area contributed by atoms with Crippen molar-refractivity contribution in [2.45, 2.75) is 26.2 Å². The highest BCUT2D eigenvalue weighted by molar-refractivity contribution is 5.73. The molecule has 0 bridgehead atoms. The van der Waals surface area contributed by atoms with Crippen molar-refractivity contribution in [1.29, 1.82) is 0 Å². The molecule has 1 aromatic carbocycles. The van der Waals surface area contributed by atoms with Crippen LogP contribution in [-0.2, 0) is 0 Å². The van der Waals surface area contributed by atoms with E-state index in [0.29, 0.717) is 5.95 Å². The van der Waals surface area contributed by atoms with Gasteiger partial charge in [-0.15, -0.1) is 10.2 Å². The van der Waals surface area contributed by atoms with Crippen molar-refractivity contribution in [2.24, 2.45) is 11.8 Å². The monoisotopic (exact) mass is 242 g/mol. The Hall–Kier alpha value is -1.71. The molecule has 1 fully saturated rings. The van der Waals surface area contributed by atoms with E-state index in [1.54, 1.807) is 0 Å². The summed E-state index contributed by atoms with van der Waals surface area (Å²) in [5.41, 5.74) is 1.74. The molecule has 1 heterocycles. The summed E-state index contributed by atoms with van der Waals surface area (Å²) in [6.07, 6.45) is 4.02. The fourth-order valence-corrected chi connectivity index (χ4v) is 2.70. The normalized spacial score (nSPS) is 23.4. The summed E-state index contributed by atoms with van der Waals surface area (Å²) < 4.78 is 0. The molecule has 1 aliphatic rings. The lowest BCUT2D eigenvalue weighted by molar-refractivity contribution is 0.438. The van der Waals surface area contributed by atoms with Crippen molar-refractivity contribution in [3.8, 4) is 0 Å². The van der Waals surface area contributed by atoms with E-state index >= 15 is 0 Å². The number of para-hydroxylation sites is 1. The lowest BCUT2D eigenvalue weighted by Crippen LogP contribution is -2.18. The van der Waals surface area contributed by atoms with E-state index in [1.165, 1.54) is 19.3 Å². The van der Waals surface area contributed by atoms with E-state index in [-0.39, 0.29) is 0 Å². The first-order valence-electron chi connectivity index (χ1n) is 6.66. The number of rotatable bonds is 3. The highest BCUT2D eigenvalue weighted by Crippen LogP contribution is 2.30. The summed E-state index contributed by atoms with van der Waals surface area (Å²) >= 11 is 0. The van der Waals surface area contributed by atoms with Crippen molar-refractivity contribution >= 4 is 17.0 Å². The molecular formula is C14H18N4. The minimum absolute atomic E-state index is 0.646. The van der Waals surface area contributed by atoms with Gasteiger partial charge in [0.1, 0.15) is 5.52 Å². The Morgan fingerprint density at radius 2 is 2.00 bits per heavy atom. The summed E-state index contributed by atoms with van der Waals surface area (Å²) in [6, 6.07) is 7.82. The molecule has 0 spiro atoms. The van der Waals surface area contributed by atoms with Crippen LogP contribution in [0, 0.1) is 11.8 Å². The third-order valence-corrected chi connectivity index (χ3v) is 3.92. The minimum atomic E-state index is 0.646. The van der Waals surface area contributed by atoms with Crippen molar-refractivity contribution in [3.63, 3.8) is 0 Å². The van der Waals surface area contributed by atoms with Gasteiger partial charge in [-0.2, -0.15) is 0 Å². The average Bonchev–Trinajstić information content (AvgIpc) is 2.82. The maximum atomic E-state index is 4.48. The highest BCUT2D eigenvalue weighted by atomic mass is 15.2. The smallest absolute Gasteiger partial charge is 0.243 e. The van der Waals surface area contributed by atoms with Gasteiger partial charge in [-0.05, 0) is 30.4 Å². The molecule has 2 aromatic rings. The fraction of sp³-hybridized carbons (Fsp3) is 0.500. The predicted octanol–water partition coefficient (Wildman–Crippen LogP) is 2.87. The molecule has 4 nitrogen and oxygen atoms in total. The summed E-state index contributed by atoms with van der Waals surface area (Å²) in [5.74, 6) is 2.21. The largest absolute Gasteiger partial charge is 0.353 e. The topological polar surface area (TPSA) is 50.7 Å². The zero-order valence-electron chi connectivity index (χ0n) is 10.6. The standard InChI is InChI=1S/C14H18N4/c1-10-5-4-6-11(10)9-15-14-16-12-7-2-3-8-13(12)17-18-14/h2-3,7-8,10-11H,4-6,9H2,1H3,(H,15,16,18). The van der Waals surface area contributed by atoms with Gasteiger partial charge in [-0.1, -0.05) is 31.9 Å². The molecule has 0 amide bonds. The number of hydrogen-bond acceptors (Lipinski definition) is 4. The lowest BCUT2D eigenvalue weighted by atomic mass is 9.98. The first-order chi connectivity index (χ1) is 8.83. The average molecular weight is 242 g/mol. The summed E-state index contributed by atoms with van der Waals surface area (Å²) in [5, 5.41) is 11.6. The molecule has 2 unspecified atom stereocenters. The summed E-state index contributed by atoms with van der Waals surface area (Å²) in [7, 11) is 0. The van der Waals surface area contributed by atoms with Crippen LogP contribution in [0.4, 0.5) is 5.95 Å². The Morgan fingerprint density at radius 1 is 1.17 bits per heavy atom. The van der Waals surface area contributed by atoms with Gasteiger partial charge < -0.3 is 5.32 Å². The number of nitrogens with one attached hydrogen (secondary N) is 1. The molecule has 1 aromatic heterocycles. The van der Waals surface area contributed by atoms with E-state index in [4.69, 9.17) is 0 Å². The number of aromatic nitrogens is 3. The Labute approximate surface area is 107 Å². The van der Waals surface area contributed by atoms with Crippen LogP contribution in [0.1, 0.15) is 26.2 Å². The second kappa shape index (κ2) is 4.88. The van der Waals surface area contributed by atoms with E-state index in [2.05, 4.69) is 27.4 Å². The van der Waals surface area contributed by atoms with Crippen molar-refractivity contribution in [2.75, 3.05) is 11.9 Å². The molecule has 1 saturated carbocycles. The number of hydrogen-bond donors (Lipinski definition) is 1.